The number of amides is 1. The smallest absolute Gasteiger partial charge is 0.232 e. The Morgan fingerprint density at radius 1 is 1.16 bits per heavy atom. The molecule has 1 aliphatic rings. The van der Waals surface area contributed by atoms with Crippen LogP contribution in [-0.4, -0.2) is 26.2 Å². The van der Waals surface area contributed by atoms with E-state index >= 15 is 0 Å². The molecule has 162 valence electrons. The first-order valence-electron chi connectivity index (χ1n) is 10.0. The number of rotatable bonds is 5. The van der Waals surface area contributed by atoms with Crippen molar-refractivity contribution in [2.24, 2.45) is 5.41 Å². The van der Waals surface area contributed by atoms with E-state index < -0.39 is 5.41 Å². The van der Waals surface area contributed by atoms with Crippen molar-refractivity contribution in [2.45, 2.75) is 26.4 Å². The lowest BCUT2D eigenvalue weighted by Gasteiger charge is -2.37. The minimum absolute atomic E-state index is 0.000521. The third kappa shape index (κ3) is 3.58. The predicted molar refractivity (Wildman–Crippen MR) is 124 cm³/mol. The molecule has 4 heterocycles. The molecule has 0 saturated carbocycles. The number of anilines is 1. The highest BCUT2D eigenvalue weighted by molar-refractivity contribution is 7.15. The van der Waals surface area contributed by atoms with Crippen LogP contribution in [0.2, 0.25) is 0 Å². The van der Waals surface area contributed by atoms with Gasteiger partial charge in [0, 0.05) is 21.9 Å². The Morgan fingerprint density at radius 3 is 2.75 bits per heavy atom. The Kier molecular flexibility index (Phi) is 5.24. The molecule has 1 atom stereocenters. The number of pyridine rings is 1. The van der Waals surface area contributed by atoms with Gasteiger partial charge < -0.3 is 15.2 Å². The fourth-order valence-corrected chi connectivity index (χ4v) is 5.25. The van der Waals surface area contributed by atoms with Gasteiger partial charge in [-0.05, 0) is 24.3 Å². The second kappa shape index (κ2) is 8.09. The Bertz CT molecular complexity index is 1280. The van der Waals surface area contributed by atoms with Crippen molar-refractivity contribution < 1.29 is 14.6 Å². The van der Waals surface area contributed by atoms with E-state index in [0.29, 0.717) is 16.8 Å². The third-order valence-electron chi connectivity index (χ3n) is 5.59. The molecular formula is C23H20N4O3S2. The van der Waals surface area contributed by atoms with E-state index in [2.05, 4.69) is 15.5 Å². The summed E-state index contributed by atoms with van der Waals surface area (Å²) < 4.78 is 6.18. The normalized spacial score (nSPS) is 14.9. The molecule has 9 heteroatoms. The number of fused-ring (bicyclic) bond motifs is 2. The molecule has 0 fully saturated rings. The molecule has 0 aliphatic carbocycles. The van der Waals surface area contributed by atoms with Crippen LogP contribution >= 0.6 is 22.7 Å². The molecule has 4 aromatic rings. The summed E-state index contributed by atoms with van der Waals surface area (Å²) >= 11 is 2.77. The predicted octanol–water partition coefficient (Wildman–Crippen LogP) is 5.06. The molecule has 1 aliphatic heterocycles. The maximum absolute atomic E-state index is 13.3. The highest BCUT2D eigenvalue weighted by Crippen LogP contribution is 2.52. The molecule has 2 N–H and O–H groups in total. The van der Waals surface area contributed by atoms with Crippen molar-refractivity contribution in [3.63, 3.8) is 0 Å². The van der Waals surface area contributed by atoms with Crippen molar-refractivity contribution in [1.82, 2.24) is 15.2 Å². The number of benzene rings is 1. The van der Waals surface area contributed by atoms with E-state index in [4.69, 9.17) is 9.72 Å². The van der Waals surface area contributed by atoms with Crippen molar-refractivity contribution >= 4 is 33.7 Å². The summed E-state index contributed by atoms with van der Waals surface area (Å²) in [6.45, 7) is 3.83. The Balaban J connectivity index is 1.58. The number of carbonyl (C=O) groups excluding carboxylic acids is 1. The van der Waals surface area contributed by atoms with Crippen LogP contribution in [0.1, 0.15) is 35.8 Å². The monoisotopic (exact) mass is 464 g/mol. The Hall–Kier alpha value is -3.14. The number of para-hydroxylation sites is 1. The third-order valence-corrected chi connectivity index (χ3v) is 7.29. The van der Waals surface area contributed by atoms with Gasteiger partial charge in [-0.3, -0.25) is 4.79 Å². The highest BCUT2D eigenvalue weighted by Gasteiger charge is 2.44. The summed E-state index contributed by atoms with van der Waals surface area (Å²) in [5.41, 5.74) is 3.31. The van der Waals surface area contributed by atoms with Crippen LogP contribution < -0.4 is 10.1 Å². The molecule has 0 saturated heterocycles. The number of carbonyl (C=O) groups is 1. The highest BCUT2D eigenvalue weighted by atomic mass is 32.1. The summed E-state index contributed by atoms with van der Waals surface area (Å²) in [5.74, 6) is 0.751. The quantitative estimate of drug-likeness (QED) is 0.429. The van der Waals surface area contributed by atoms with Crippen LogP contribution in [0.25, 0.3) is 10.6 Å². The lowest BCUT2D eigenvalue weighted by atomic mass is 9.69. The minimum atomic E-state index is -0.823. The number of aliphatic hydroxyl groups is 1. The summed E-state index contributed by atoms with van der Waals surface area (Å²) in [4.78, 5) is 19.9. The average molecular weight is 465 g/mol. The van der Waals surface area contributed by atoms with Crippen molar-refractivity contribution in [2.75, 3.05) is 5.32 Å². The average Bonchev–Trinajstić information content (AvgIpc) is 3.49. The number of ether oxygens (including phenoxy) is 1. The maximum atomic E-state index is 13.3. The number of hydrogen-bond donors (Lipinski definition) is 2. The van der Waals surface area contributed by atoms with Crippen molar-refractivity contribution in [3.05, 3.63) is 70.0 Å². The Labute approximate surface area is 192 Å². The zero-order valence-electron chi connectivity index (χ0n) is 17.4. The van der Waals surface area contributed by atoms with Crippen LogP contribution in [0.5, 0.6) is 11.6 Å². The van der Waals surface area contributed by atoms with Gasteiger partial charge in [-0.2, -0.15) is 0 Å². The van der Waals surface area contributed by atoms with Crippen molar-refractivity contribution in [1.29, 1.82) is 0 Å². The molecular weight excluding hydrogens is 444 g/mol. The molecule has 0 spiro atoms. The minimum Gasteiger partial charge on any atom is -0.438 e. The fourth-order valence-electron chi connectivity index (χ4n) is 3.97. The van der Waals surface area contributed by atoms with Gasteiger partial charge in [0.2, 0.25) is 16.9 Å². The van der Waals surface area contributed by atoms with Crippen LogP contribution in [-0.2, 0) is 11.4 Å². The number of hydrogen-bond acceptors (Lipinski definition) is 8. The van der Waals surface area contributed by atoms with Crippen LogP contribution in [0, 0.1) is 5.41 Å². The summed E-state index contributed by atoms with van der Waals surface area (Å²) in [6, 6.07) is 15.5. The number of nitrogens with one attached hydrogen (secondary N) is 1. The summed E-state index contributed by atoms with van der Waals surface area (Å²) in [7, 11) is 0. The number of aromatic nitrogens is 3. The molecule has 32 heavy (non-hydrogen) atoms. The van der Waals surface area contributed by atoms with Crippen LogP contribution in [0.3, 0.4) is 0 Å². The van der Waals surface area contributed by atoms with E-state index in [0.717, 1.165) is 26.6 Å². The van der Waals surface area contributed by atoms with Crippen LogP contribution in [0.15, 0.2) is 54.0 Å². The SMILES string of the molecule is CC(C)(C(=O)Nc1nncs1)[C@H]1c2ccccc2Oc2nc(-c3ccc(CO)s3)ccc21. The Morgan fingerprint density at radius 2 is 2.00 bits per heavy atom. The molecule has 0 radical (unpaired) electrons. The maximum Gasteiger partial charge on any atom is 0.232 e. The zero-order valence-corrected chi connectivity index (χ0v) is 19.0. The zero-order chi connectivity index (χ0) is 22.3. The van der Waals surface area contributed by atoms with E-state index in [1.165, 1.54) is 22.7 Å². The number of aliphatic hydroxyl groups excluding tert-OH is 1. The number of nitrogens with zero attached hydrogens (tertiary/aromatic N) is 3. The first-order chi connectivity index (χ1) is 15.5. The van der Waals surface area contributed by atoms with Gasteiger partial charge in [0.1, 0.15) is 11.3 Å². The topological polar surface area (TPSA) is 97.2 Å². The second-order valence-electron chi connectivity index (χ2n) is 8.01. The standard InChI is InChI=1S/C23H20N4O3S2/c1-23(2,21(29)26-22-27-24-12-31-22)19-14-5-3-4-6-17(14)30-20-15(19)8-9-16(25-20)18-10-7-13(11-28)32-18/h3-10,12,19,28H,11H2,1-2H3,(H,26,27,29)/t19-/m0/s1. The number of thiophene rings is 1. The lowest BCUT2D eigenvalue weighted by Crippen LogP contribution is -2.38. The molecule has 1 aromatic carbocycles. The van der Waals surface area contributed by atoms with Gasteiger partial charge in [0.25, 0.3) is 0 Å². The van der Waals surface area contributed by atoms with E-state index in [9.17, 15) is 9.90 Å². The molecule has 5 rings (SSSR count). The molecule has 3 aromatic heterocycles. The summed E-state index contributed by atoms with van der Waals surface area (Å²) in [5, 5.41) is 20.5. The van der Waals surface area contributed by atoms with Gasteiger partial charge in [-0.1, -0.05) is 49.4 Å². The fraction of sp³-hybridized carbons (Fsp3) is 0.217. The van der Waals surface area contributed by atoms with Gasteiger partial charge in [-0.25, -0.2) is 4.98 Å². The first kappa shape index (κ1) is 20.7. The van der Waals surface area contributed by atoms with Gasteiger partial charge in [0.05, 0.1) is 22.6 Å². The second-order valence-corrected chi connectivity index (χ2v) is 10.0. The largest absolute Gasteiger partial charge is 0.438 e. The lowest BCUT2D eigenvalue weighted by molar-refractivity contribution is -0.124. The van der Waals surface area contributed by atoms with E-state index in [1.807, 2.05) is 62.4 Å². The van der Waals surface area contributed by atoms with Gasteiger partial charge in [0.15, 0.2) is 0 Å². The molecule has 0 unspecified atom stereocenters. The van der Waals surface area contributed by atoms with Crippen LogP contribution in [0.4, 0.5) is 5.13 Å². The molecule has 1 amide bonds. The van der Waals surface area contributed by atoms with E-state index in [1.54, 1.807) is 5.51 Å². The van der Waals surface area contributed by atoms with Gasteiger partial charge in [-0.15, -0.1) is 21.5 Å². The molecule has 7 nitrogen and oxygen atoms in total. The van der Waals surface area contributed by atoms with Gasteiger partial charge >= 0.3 is 0 Å². The molecule has 0 bridgehead atoms. The van der Waals surface area contributed by atoms with Crippen molar-refractivity contribution in [3.8, 4) is 22.2 Å². The first-order valence-corrected chi connectivity index (χ1v) is 11.7. The van der Waals surface area contributed by atoms with E-state index in [-0.39, 0.29) is 18.4 Å². The summed E-state index contributed by atoms with van der Waals surface area (Å²) in [6.07, 6.45) is 0.